The average molecular weight is 285 g/mol. The van der Waals surface area contributed by atoms with Gasteiger partial charge in [0.15, 0.2) is 22.6 Å². The highest BCUT2D eigenvalue weighted by atomic mass is 32.2. The molecule has 0 aliphatic carbocycles. The molecular formula is C11H13F2N5S. The van der Waals surface area contributed by atoms with Gasteiger partial charge in [0.05, 0.1) is 0 Å². The van der Waals surface area contributed by atoms with Crippen LogP contribution in [0.1, 0.15) is 13.3 Å². The summed E-state index contributed by atoms with van der Waals surface area (Å²) >= 11 is 1.00. The third kappa shape index (κ3) is 3.19. The molecule has 2 rings (SSSR count). The minimum atomic E-state index is -0.715. The predicted molar refractivity (Wildman–Crippen MR) is 68.1 cm³/mol. The second kappa shape index (κ2) is 5.96. The molecule has 8 heteroatoms. The van der Waals surface area contributed by atoms with Gasteiger partial charge < -0.3 is 5.32 Å². The number of aromatic nitrogens is 4. The van der Waals surface area contributed by atoms with E-state index in [0.717, 1.165) is 24.2 Å². The second-order valence-corrected chi connectivity index (χ2v) is 4.76. The van der Waals surface area contributed by atoms with E-state index in [1.807, 2.05) is 6.92 Å². The van der Waals surface area contributed by atoms with Crippen LogP contribution in [0.5, 0.6) is 0 Å². The van der Waals surface area contributed by atoms with Gasteiger partial charge in [-0.1, -0.05) is 6.92 Å². The highest BCUT2D eigenvalue weighted by Crippen LogP contribution is 2.28. The van der Waals surface area contributed by atoms with Crippen LogP contribution in [0.25, 0.3) is 0 Å². The van der Waals surface area contributed by atoms with E-state index in [1.54, 1.807) is 7.05 Å². The van der Waals surface area contributed by atoms with Crippen LogP contribution in [0.4, 0.5) is 14.6 Å². The zero-order chi connectivity index (χ0) is 13.8. The van der Waals surface area contributed by atoms with E-state index < -0.39 is 11.6 Å². The molecule has 0 aromatic carbocycles. The largest absolute Gasteiger partial charge is 0.368 e. The summed E-state index contributed by atoms with van der Waals surface area (Å²) in [4.78, 5) is 7.91. The fourth-order valence-corrected chi connectivity index (χ4v) is 2.10. The summed E-state index contributed by atoms with van der Waals surface area (Å²) in [6.07, 6.45) is 2.18. The molecule has 102 valence electrons. The van der Waals surface area contributed by atoms with Crippen molar-refractivity contribution in [1.82, 2.24) is 19.7 Å². The summed E-state index contributed by atoms with van der Waals surface area (Å²) < 4.78 is 28.7. The van der Waals surface area contributed by atoms with Crippen LogP contribution in [0.2, 0.25) is 0 Å². The standard InChI is InChI=1S/C11H13F2N5S/c1-3-4-14-9-7(12)5-8(13)10(17-9)19-11-15-6-16-18(11)2/h5-6H,3-4H2,1-2H3,(H,14,17). The van der Waals surface area contributed by atoms with Crippen molar-refractivity contribution in [3.05, 3.63) is 24.0 Å². The van der Waals surface area contributed by atoms with Crippen LogP contribution in [0, 0.1) is 11.6 Å². The maximum Gasteiger partial charge on any atom is 0.192 e. The topological polar surface area (TPSA) is 55.6 Å². The van der Waals surface area contributed by atoms with Gasteiger partial charge in [0, 0.05) is 19.7 Å². The molecule has 0 aliphatic rings. The number of rotatable bonds is 5. The van der Waals surface area contributed by atoms with Crippen molar-refractivity contribution in [2.75, 3.05) is 11.9 Å². The second-order valence-electron chi connectivity index (χ2n) is 3.80. The molecule has 0 radical (unpaired) electrons. The molecule has 0 saturated carbocycles. The Morgan fingerprint density at radius 1 is 1.37 bits per heavy atom. The molecule has 0 amide bonds. The lowest BCUT2D eigenvalue weighted by Crippen LogP contribution is -2.06. The third-order valence-corrected chi connectivity index (χ3v) is 3.33. The van der Waals surface area contributed by atoms with Crippen LogP contribution < -0.4 is 5.32 Å². The highest BCUT2D eigenvalue weighted by molar-refractivity contribution is 7.99. The van der Waals surface area contributed by atoms with E-state index in [4.69, 9.17) is 0 Å². The fraction of sp³-hybridized carbons (Fsp3) is 0.364. The lowest BCUT2D eigenvalue weighted by atomic mass is 10.4. The van der Waals surface area contributed by atoms with Crippen molar-refractivity contribution in [3.63, 3.8) is 0 Å². The van der Waals surface area contributed by atoms with Gasteiger partial charge in [0.2, 0.25) is 0 Å². The van der Waals surface area contributed by atoms with Crippen LogP contribution in [0.3, 0.4) is 0 Å². The molecule has 2 aromatic rings. The summed E-state index contributed by atoms with van der Waals surface area (Å²) in [6, 6.07) is 0.823. The van der Waals surface area contributed by atoms with E-state index >= 15 is 0 Å². The van der Waals surface area contributed by atoms with Gasteiger partial charge in [0.1, 0.15) is 11.4 Å². The SMILES string of the molecule is CCCNc1nc(Sc2ncnn2C)c(F)cc1F. The van der Waals surface area contributed by atoms with Gasteiger partial charge in [-0.15, -0.1) is 0 Å². The molecular weight excluding hydrogens is 272 g/mol. The molecule has 5 nitrogen and oxygen atoms in total. The zero-order valence-electron chi connectivity index (χ0n) is 10.5. The Kier molecular flexibility index (Phi) is 4.31. The molecule has 0 unspecified atom stereocenters. The molecule has 2 heterocycles. The summed E-state index contributed by atoms with van der Waals surface area (Å²) in [7, 11) is 1.69. The third-order valence-electron chi connectivity index (χ3n) is 2.30. The zero-order valence-corrected chi connectivity index (χ0v) is 11.3. The Morgan fingerprint density at radius 3 is 2.79 bits per heavy atom. The van der Waals surface area contributed by atoms with Gasteiger partial charge in [-0.25, -0.2) is 23.4 Å². The minimum absolute atomic E-state index is 0.0490. The first-order chi connectivity index (χ1) is 9.11. The monoisotopic (exact) mass is 285 g/mol. The number of anilines is 1. The Morgan fingerprint density at radius 2 is 2.16 bits per heavy atom. The van der Waals surface area contributed by atoms with Crippen LogP contribution in [-0.2, 0) is 7.05 Å². The van der Waals surface area contributed by atoms with Crippen LogP contribution in [0.15, 0.2) is 22.6 Å². The summed E-state index contributed by atoms with van der Waals surface area (Å²) in [6.45, 7) is 2.52. The van der Waals surface area contributed by atoms with Gasteiger partial charge in [0.25, 0.3) is 0 Å². The first-order valence-electron chi connectivity index (χ1n) is 5.73. The Bertz CT molecular complexity index is 572. The van der Waals surface area contributed by atoms with E-state index in [2.05, 4.69) is 20.4 Å². The number of nitrogens with one attached hydrogen (secondary N) is 1. The quantitative estimate of drug-likeness (QED) is 0.914. The van der Waals surface area contributed by atoms with Crippen molar-refractivity contribution in [1.29, 1.82) is 0 Å². The minimum Gasteiger partial charge on any atom is -0.368 e. The Labute approximate surface area is 113 Å². The summed E-state index contributed by atoms with van der Waals surface area (Å²) in [5.74, 6) is -1.37. The maximum atomic E-state index is 13.7. The van der Waals surface area contributed by atoms with Gasteiger partial charge in [-0.05, 0) is 18.2 Å². The van der Waals surface area contributed by atoms with Crippen molar-refractivity contribution in [2.45, 2.75) is 23.5 Å². The Hall–Kier alpha value is -1.70. The average Bonchev–Trinajstić information content (AvgIpc) is 2.77. The number of hydrogen-bond donors (Lipinski definition) is 1. The molecule has 0 bridgehead atoms. The van der Waals surface area contributed by atoms with Crippen molar-refractivity contribution < 1.29 is 8.78 Å². The van der Waals surface area contributed by atoms with Crippen LogP contribution >= 0.6 is 11.8 Å². The molecule has 0 fully saturated rings. The molecule has 0 saturated heterocycles. The van der Waals surface area contributed by atoms with Crippen molar-refractivity contribution in [3.8, 4) is 0 Å². The predicted octanol–water partition coefficient (Wildman–Crippen LogP) is 2.46. The van der Waals surface area contributed by atoms with Gasteiger partial charge in [-0.2, -0.15) is 5.10 Å². The van der Waals surface area contributed by atoms with Gasteiger partial charge in [-0.3, -0.25) is 0 Å². The molecule has 0 spiro atoms. The van der Waals surface area contributed by atoms with E-state index in [-0.39, 0.29) is 10.8 Å². The summed E-state index contributed by atoms with van der Waals surface area (Å²) in [5.41, 5.74) is 0. The molecule has 0 atom stereocenters. The highest BCUT2D eigenvalue weighted by Gasteiger charge is 2.14. The number of pyridine rings is 1. The first-order valence-corrected chi connectivity index (χ1v) is 6.55. The summed E-state index contributed by atoms with van der Waals surface area (Å²) in [5, 5.41) is 7.24. The number of nitrogens with zero attached hydrogens (tertiary/aromatic N) is 4. The number of hydrogen-bond acceptors (Lipinski definition) is 5. The van der Waals surface area contributed by atoms with Gasteiger partial charge >= 0.3 is 0 Å². The Balaban J connectivity index is 2.27. The molecule has 0 aliphatic heterocycles. The maximum absolute atomic E-state index is 13.7. The molecule has 1 N–H and O–H groups in total. The van der Waals surface area contributed by atoms with E-state index in [1.165, 1.54) is 11.0 Å². The van der Waals surface area contributed by atoms with Crippen LogP contribution in [-0.4, -0.2) is 26.3 Å². The number of halogens is 2. The van der Waals surface area contributed by atoms with E-state index in [9.17, 15) is 8.78 Å². The van der Waals surface area contributed by atoms with E-state index in [0.29, 0.717) is 11.7 Å². The van der Waals surface area contributed by atoms with Crippen molar-refractivity contribution >= 4 is 17.6 Å². The smallest absolute Gasteiger partial charge is 0.192 e. The van der Waals surface area contributed by atoms with Crippen molar-refractivity contribution in [2.24, 2.45) is 7.05 Å². The number of aryl methyl sites for hydroxylation is 1. The lowest BCUT2D eigenvalue weighted by molar-refractivity contribution is 0.550. The molecule has 19 heavy (non-hydrogen) atoms. The lowest BCUT2D eigenvalue weighted by Gasteiger charge is -2.08. The normalized spacial score (nSPS) is 10.7. The first kappa shape index (κ1) is 13.7. The fourth-order valence-electron chi connectivity index (χ4n) is 1.35. The molecule has 2 aromatic heterocycles.